The normalized spacial score (nSPS) is 32.5. The minimum Gasteiger partial charge on any atom is -0.457 e. The van der Waals surface area contributed by atoms with E-state index in [9.17, 15) is 9.59 Å². The molecular weight excluding hydrogens is 314 g/mol. The number of rotatable bonds is 3. The average Bonchev–Trinajstić information content (AvgIpc) is 2.56. The lowest BCUT2D eigenvalue weighted by Crippen LogP contribution is -2.63. The highest BCUT2D eigenvalue weighted by Gasteiger charge is 2.47. The van der Waals surface area contributed by atoms with Gasteiger partial charge in [-0.2, -0.15) is 0 Å². The fourth-order valence-electron chi connectivity index (χ4n) is 3.04. The first-order valence-corrected chi connectivity index (χ1v) is 7.92. The van der Waals surface area contributed by atoms with E-state index in [1.54, 1.807) is 0 Å². The first-order chi connectivity index (χ1) is 11.5. The van der Waals surface area contributed by atoms with E-state index in [2.05, 4.69) is 5.32 Å². The smallest absolute Gasteiger partial charge is 0.303 e. The average molecular weight is 335 g/mol. The molecular formula is C17H21NO6. The Hall–Kier alpha value is -1.96. The highest BCUT2D eigenvalue weighted by atomic mass is 16.7. The Balaban J connectivity index is 1.79. The van der Waals surface area contributed by atoms with Crippen molar-refractivity contribution < 1.29 is 28.5 Å². The molecule has 7 heteroatoms. The summed E-state index contributed by atoms with van der Waals surface area (Å²) in [5.74, 6) is -0.645. The molecule has 1 amide bonds. The van der Waals surface area contributed by atoms with E-state index in [0.29, 0.717) is 6.61 Å². The molecule has 1 aromatic carbocycles. The molecule has 24 heavy (non-hydrogen) atoms. The molecule has 130 valence electrons. The Labute approximate surface area is 140 Å². The molecule has 0 unspecified atom stereocenters. The van der Waals surface area contributed by atoms with Gasteiger partial charge in [-0.05, 0) is 0 Å². The van der Waals surface area contributed by atoms with Gasteiger partial charge in [-0.15, -0.1) is 0 Å². The number of benzene rings is 1. The SMILES string of the molecule is CC(=O)N[C@H]1CO[C@@H]2CO[C@@H](c3ccccc3)O[C@H]2[C@@H]1OC(C)=O. The van der Waals surface area contributed by atoms with E-state index < -0.39 is 30.5 Å². The molecule has 1 aromatic rings. The van der Waals surface area contributed by atoms with Crippen molar-refractivity contribution in [3.8, 4) is 0 Å². The van der Waals surface area contributed by atoms with Crippen molar-refractivity contribution in [3.63, 3.8) is 0 Å². The Morgan fingerprint density at radius 3 is 2.54 bits per heavy atom. The maximum Gasteiger partial charge on any atom is 0.303 e. The number of hydrogen-bond acceptors (Lipinski definition) is 6. The number of carbonyl (C=O) groups excluding carboxylic acids is 2. The monoisotopic (exact) mass is 335 g/mol. The number of hydrogen-bond donors (Lipinski definition) is 1. The molecule has 7 nitrogen and oxygen atoms in total. The van der Waals surface area contributed by atoms with Crippen LogP contribution in [0.4, 0.5) is 0 Å². The van der Waals surface area contributed by atoms with Crippen molar-refractivity contribution in [2.24, 2.45) is 0 Å². The van der Waals surface area contributed by atoms with Crippen LogP contribution in [-0.2, 0) is 28.5 Å². The summed E-state index contributed by atoms with van der Waals surface area (Å²) in [6, 6.07) is 9.06. The molecule has 2 heterocycles. The molecule has 0 radical (unpaired) electrons. The summed E-state index contributed by atoms with van der Waals surface area (Å²) >= 11 is 0. The van der Waals surface area contributed by atoms with Crippen molar-refractivity contribution in [2.45, 2.75) is 44.5 Å². The van der Waals surface area contributed by atoms with Crippen LogP contribution in [0.3, 0.4) is 0 Å². The first-order valence-electron chi connectivity index (χ1n) is 7.92. The van der Waals surface area contributed by atoms with Gasteiger partial charge in [-0.1, -0.05) is 30.3 Å². The van der Waals surface area contributed by atoms with Crippen molar-refractivity contribution in [2.75, 3.05) is 13.2 Å². The molecule has 0 aliphatic carbocycles. The van der Waals surface area contributed by atoms with Crippen LogP contribution in [0.1, 0.15) is 25.7 Å². The third kappa shape index (κ3) is 3.75. The molecule has 0 aromatic heterocycles. The fourth-order valence-corrected chi connectivity index (χ4v) is 3.04. The second kappa shape index (κ2) is 7.29. The van der Waals surface area contributed by atoms with Gasteiger partial charge in [-0.25, -0.2) is 0 Å². The summed E-state index contributed by atoms with van der Waals surface area (Å²) in [5.41, 5.74) is 0.874. The summed E-state index contributed by atoms with van der Waals surface area (Å²) in [4.78, 5) is 22.9. The lowest BCUT2D eigenvalue weighted by atomic mass is 9.96. The van der Waals surface area contributed by atoms with E-state index in [-0.39, 0.29) is 18.6 Å². The van der Waals surface area contributed by atoms with Gasteiger partial charge in [0.1, 0.15) is 12.2 Å². The van der Waals surface area contributed by atoms with Crippen LogP contribution in [0.25, 0.3) is 0 Å². The first kappa shape index (κ1) is 16.9. The number of fused-ring (bicyclic) bond motifs is 1. The van der Waals surface area contributed by atoms with Crippen LogP contribution < -0.4 is 5.32 Å². The van der Waals surface area contributed by atoms with Gasteiger partial charge in [0.05, 0.1) is 19.3 Å². The van der Waals surface area contributed by atoms with Gasteiger partial charge in [0.25, 0.3) is 0 Å². The van der Waals surface area contributed by atoms with E-state index in [1.807, 2.05) is 30.3 Å². The minimum absolute atomic E-state index is 0.217. The maximum absolute atomic E-state index is 11.5. The summed E-state index contributed by atoms with van der Waals surface area (Å²) in [5, 5.41) is 2.76. The van der Waals surface area contributed by atoms with Gasteiger partial charge < -0.3 is 24.3 Å². The molecule has 2 aliphatic heterocycles. The number of nitrogens with one attached hydrogen (secondary N) is 1. The van der Waals surface area contributed by atoms with E-state index in [4.69, 9.17) is 18.9 Å². The molecule has 0 saturated carbocycles. The third-order valence-corrected chi connectivity index (χ3v) is 4.03. The molecule has 3 rings (SSSR count). The van der Waals surface area contributed by atoms with Gasteiger partial charge in [-0.3, -0.25) is 9.59 Å². The Morgan fingerprint density at radius 1 is 1.12 bits per heavy atom. The quantitative estimate of drug-likeness (QED) is 0.828. The third-order valence-electron chi connectivity index (χ3n) is 4.03. The van der Waals surface area contributed by atoms with Crippen molar-refractivity contribution in [3.05, 3.63) is 35.9 Å². The molecule has 2 aliphatic rings. The van der Waals surface area contributed by atoms with Crippen LogP contribution in [0.5, 0.6) is 0 Å². The Bertz CT molecular complexity index is 592. The second-order valence-electron chi connectivity index (χ2n) is 5.93. The maximum atomic E-state index is 11.5. The van der Waals surface area contributed by atoms with Crippen LogP contribution in [0.15, 0.2) is 30.3 Å². The molecule has 2 fully saturated rings. The Morgan fingerprint density at radius 2 is 1.88 bits per heavy atom. The minimum atomic E-state index is -0.625. The standard InChI is InChI=1S/C17H21NO6/c1-10(19)18-13-8-21-14-9-22-17(12-6-4-3-5-7-12)24-16(14)15(13)23-11(2)20/h3-7,13-17H,8-9H2,1-2H3,(H,18,19)/t13-,14+,15+,16+,17+/m0/s1. The van der Waals surface area contributed by atoms with E-state index in [1.165, 1.54) is 13.8 Å². The van der Waals surface area contributed by atoms with Gasteiger partial charge in [0.2, 0.25) is 5.91 Å². The van der Waals surface area contributed by atoms with Gasteiger partial charge >= 0.3 is 5.97 Å². The summed E-state index contributed by atoms with van der Waals surface area (Å²) in [7, 11) is 0. The predicted octanol–water partition coefficient (Wildman–Crippen LogP) is 0.936. The van der Waals surface area contributed by atoms with Gasteiger partial charge in [0, 0.05) is 19.4 Å². The van der Waals surface area contributed by atoms with Crippen molar-refractivity contribution in [1.29, 1.82) is 0 Å². The zero-order chi connectivity index (χ0) is 17.1. The van der Waals surface area contributed by atoms with Crippen LogP contribution in [0, 0.1) is 0 Å². The number of ether oxygens (including phenoxy) is 4. The summed E-state index contributed by atoms with van der Waals surface area (Å²) < 4.78 is 22.9. The second-order valence-corrected chi connectivity index (χ2v) is 5.93. The largest absolute Gasteiger partial charge is 0.457 e. The number of esters is 1. The Kier molecular flexibility index (Phi) is 5.13. The molecule has 0 bridgehead atoms. The molecule has 2 saturated heterocycles. The predicted molar refractivity (Wildman–Crippen MR) is 82.9 cm³/mol. The van der Waals surface area contributed by atoms with Crippen molar-refractivity contribution in [1.82, 2.24) is 5.32 Å². The summed E-state index contributed by atoms with van der Waals surface area (Å²) in [6.45, 7) is 3.31. The van der Waals surface area contributed by atoms with E-state index in [0.717, 1.165) is 5.56 Å². The molecule has 1 N–H and O–H groups in total. The highest BCUT2D eigenvalue weighted by Crippen LogP contribution is 2.33. The number of amides is 1. The van der Waals surface area contributed by atoms with Crippen LogP contribution in [0.2, 0.25) is 0 Å². The highest BCUT2D eigenvalue weighted by molar-refractivity contribution is 5.73. The zero-order valence-corrected chi connectivity index (χ0v) is 13.6. The van der Waals surface area contributed by atoms with Crippen LogP contribution >= 0.6 is 0 Å². The molecule has 0 spiro atoms. The number of carbonyl (C=O) groups is 2. The van der Waals surface area contributed by atoms with Gasteiger partial charge in [0.15, 0.2) is 12.4 Å². The lowest BCUT2D eigenvalue weighted by Gasteiger charge is -2.45. The van der Waals surface area contributed by atoms with Crippen LogP contribution in [-0.4, -0.2) is 49.4 Å². The van der Waals surface area contributed by atoms with E-state index >= 15 is 0 Å². The summed E-state index contributed by atoms with van der Waals surface area (Å²) in [6.07, 6.45) is -2.05. The lowest BCUT2D eigenvalue weighted by molar-refractivity contribution is -0.304. The van der Waals surface area contributed by atoms with Crippen molar-refractivity contribution >= 4 is 11.9 Å². The topological polar surface area (TPSA) is 83.1 Å². The fraction of sp³-hybridized carbons (Fsp3) is 0.529. The zero-order valence-electron chi connectivity index (χ0n) is 13.6. The molecule has 5 atom stereocenters.